The minimum absolute atomic E-state index is 0.194. The molecule has 1 heterocycles. The van der Waals surface area contributed by atoms with E-state index in [1.54, 1.807) is 0 Å². The number of rotatable bonds is 6. The number of amides is 2. The lowest BCUT2D eigenvalue weighted by molar-refractivity contribution is -0.133. The summed E-state index contributed by atoms with van der Waals surface area (Å²) in [6.07, 6.45) is 3.46. The molecule has 0 aliphatic carbocycles. The van der Waals surface area contributed by atoms with E-state index >= 15 is 0 Å². The van der Waals surface area contributed by atoms with Crippen LogP contribution in [0.15, 0.2) is 48.5 Å². The maximum atomic E-state index is 12.6. The summed E-state index contributed by atoms with van der Waals surface area (Å²) < 4.78 is 0. The van der Waals surface area contributed by atoms with E-state index in [0.717, 1.165) is 32.4 Å². The van der Waals surface area contributed by atoms with Crippen LogP contribution in [0.1, 0.15) is 41.5 Å². The lowest BCUT2D eigenvalue weighted by atomic mass is 10.1. The molecule has 0 atom stereocenters. The summed E-state index contributed by atoms with van der Waals surface area (Å²) in [5, 5.41) is 0. The second-order valence-electron chi connectivity index (χ2n) is 8.09. The maximum absolute atomic E-state index is 12.6. The Hall–Kier alpha value is -2.62. The molecule has 154 valence electrons. The predicted octanol–water partition coefficient (Wildman–Crippen LogP) is 3.93. The first-order valence-electron chi connectivity index (χ1n) is 10.7. The number of aryl methyl sites for hydroxylation is 4. The quantitative estimate of drug-likeness (QED) is 0.747. The second kappa shape index (κ2) is 10.2. The number of carbonyl (C=O) groups excluding carboxylic acids is 2. The molecule has 29 heavy (non-hydrogen) atoms. The molecule has 0 bridgehead atoms. The van der Waals surface area contributed by atoms with Gasteiger partial charge in [0.15, 0.2) is 0 Å². The summed E-state index contributed by atoms with van der Waals surface area (Å²) in [6, 6.07) is 16.7. The van der Waals surface area contributed by atoms with Crippen molar-refractivity contribution in [2.75, 3.05) is 26.2 Å². The molecule has 0 saturated carbocycles. The largest absolute Gasteiger partial charge is 0.341 e. The normalized spacial score (nSPS) is 14.6. The Bertz CT molecular complexity index is 742. The van der Waals surface area contributed by atoms with Gasteiger partial charge < -0.3 is 9.80 Å². The number of carbonyl (C=O) groups is 2. The van der Waals surface area contributed by atoms with E-state index in [-0.39, 0.29) is 11.8 Å². The highest BCUT2D eigenvalue weighted by Gasteiger charge is 2.21. The molecule has 1 saturated heterocycles. The number of benzene rings is 2. The van der Waals surface area contributed by atoms with Gasteiger partial charge >= 0.3 is 0 Å². The first-order chi connectivity index (χ1) is 14.0. The Balaban J connectivity index is 1.43. The molecular formula is C25H32N2O2. The predicted molar refractivity (Wildman–Crippen MR) is 117 cm³/mol. The summed E-state index contributed by atoms with van der Waals surface area (Å²) in [7, 11) is 0. The lowest BCUT2D eigenvalue weighted by Gasteiger charge is -2.22. The summed E-state index contributed by atoms with van der Waals surface area (Å²) >= 11 is 0. The third-order valence-corrected chi connectivity index (χ3v) is 5.70. The van der Waals surface area contributed by atoms with Gasteiger partial charge in [0.1, 0.15) is 0 Å². The van der Waals surface area contributed by atoms with Crippen LogP contribution in [-0.2, 0) is 22.4 Å². The van der Waals surface area contributed by atoms with Gasteiger partial charge in [-0.15, -0.1) is 0 Å². The Morgan fingerprint density at radius 1 is 0.655 bits per heavy atom. The smallest absolute Gasteiger partial charge is 0.222 e. The molecule has 4 nitrogen and oxygen atoms in total. The molecule has 2 amide bonds. The highest BCUT2D eigenvalue weighted by molar-refractivity contribution is 5.78. The third-order valence-electron chi connectivity index (χ3n) is 5.70. The van der Waals surface area contributed by atoms with Crippen molar-refractivity contribution >= 4 is 11.8 Å². The molecule has 0 spiro atoms. The molecular weight excluding hydrogens is 360 g/mol. The summed E-state index contributed by atoms with van der Waals surface area (Å²) in [5.74, 6) is 0.388. The fraction of sp³-hybridized carbons (Fsp3) is 0.440. The molecule has 1 aliphatic heterocycles. The minimum Gasteiger partial charge on any atom is -0.341 e. The van der Waals surface area contributed by atoms with Crippen LogP contribution in [0, 0.1) is 13.8 Å². The molecule has 2 aromatic carbocycles. The summed E-state index contributed by atoms with van der Waals surface area (Å²) in [5.41, 5.74) is 4.87. The summed E-state index contributed by atoms with van der Waals surface area (Å²) in [6.45, 7) is 6.91. The average molecular weight is 393 g/mol. The topological polar surface area (TPSA) is 40.6 Å². The molecule has 4 heteroatoms. The van der Waals surface area contributed by atoms with Crippen LogP contribution >= 0.6 is 0 Å². The second-order valence-corrected chi connectivity index (χ2v) is 8.09. The zero-order valence-corrected chi connectivity index (χ0v) is 17.7. The fourth-order valence-electron chi connectivity index (χ4n) is 3.74. The van der Waals surface area contributed by atoms with Crippen molar-refractivity contribution in [1.82, 2.24) is 9.80 Å². The lowest BCUT2D eigenvalue weighted by Crippen LogP contribution is -2.37. The van der Waals surface area contributed by atoms with Gasteiger partial charge in [0.05, 0.1) is 0 Å². The average Bonchev–Trinajstić information content (AvgIpc) is 2.99. The zero-order valence-electron chi connectivity index (χ0n) is 17.7. The van der Waals surface area contributed by atoms with E-state index in [4.69, 9.17) is 0 Å². The minimum atomic E-state index is 0.194. The van der Waals surface area contributed by atoms with Gasteiger partial charge in [-0.2, -0.15) is 0 Å². The maximum Gasteiger partial charge on any atom is 0.222 e. The van der Waals surface area contributed by atoms with Crippen molar-refractivity contribution in [3.8, 4) is 0 Å². The molecule has 1 fully saturated rings. The standard InChI is InChI=1S/C25H32N2O2/c1-20-4-8-22(9-5-20)12-14-24(28)26-16-3-17-27(19-18-26)25(29)15-13-23-10-6-21(2)7-11-23/h4-11H,3,12-19H2,1-2H3. The molecule has 0 aromatic heterocycles. The Morgan fingerprint density at radius 3 is 1.41 bits per heavy atom. The van der Waals surface area contributed by atoms with Crippen LogP contribution in [0.3, 0.4) is 0 Å². The zero-order chi connectivity index (χ0) is 20.6. The van der Waals surface area contributed by atoms with Crippen LogP contribution < -0.4 is 0 Å². The molecule has 3 rings (SSSR count). The molecule has 0 radical (unpaired) electrons. The van der Waals surface area contributed by atoms with Gasteiger partial charge in [0, 0.05) is 39.0 Å². The van der Waals surface area contributed by atoms with Gasteiger partial charge in [-0.05, 0) is 44.2 Å². The van der Waals surface area contributed by atoms with Gasteiger partial charge in [-0.1, -0.05) is 59.7 Å². The van der Waals surface area contributed by atoms with Gasteiger partial charge in [0.2, 0.25) is 11.8 Å². The Morgan fingerprint density at radius 2 is 1.03 bits per heavy atom. The van der Waals surface area contributed by atoms with Crippen molar-refractivity contribution in [3.05, 3.63) is 70.8 Å². The molecule has 1 aliphatic rings. The number of hydrogen-bond acceptors (Lipinski definition) is 2. The highest BCUT2D eigenvalue weighted by atomic mass is 16.2. The van der Waals surface area contributed by atoms with E-state index in [1.807, 2.05) is 9.80 Å². The van der Waals surface area contributed by atoms with E-state index in [0.29, 0.717) is 25.9 Å². The third kappa shape index (κ3) is 6.45. The van der Waals surface area contributed by atoms with Crippen molar-refractivity contribution in [3.63, 3.8) is 0 Å². The SMILES string of the molecule is Cc1ccc(CCC(=O)N2CCCN(C(=O)CCc3ccc(C)cc3)CC2)cc1. The van der Waals surface area contributed by atoms with Gasteiger partial charge in [0.25, 0.3) is 0 Å². The van der Waals surface area contributed by atoms with Crippen molar-refractivity contribution in [2.45, 2.75) is 46.0 Å². The van der Waals surface area contributed by atoms with Crippen LogP contribution in [0.5, 0.6) is 0 Å². The van der Waals surface area contributed by atoms with E-state index in [2.05, 4.69) is 62.4 Å². The Kier molecular flexibility index (Phi) is 7.45. The van der Waals surface area contributed by atoms with Crippen molar-refractivity contribution < 1.29 is 9.59 Å². The highest BCUT2D eigenvalue weighted by Crippen LogP contribution is 2.12. The molecule has 0 N–H and O–H groups in total. The molecule has 0 unspecified atom stereocenters. The van der Waals surface area contributed by atoms with Gasteiger partial charge in [-0.25, -0.2) is 0 Å². The number of nitrogens with zero attached hydrogens (tertiary/aromatic N) is 2. The van der Waals surface area contributed by atoms with E-state index in [9.17, 15) is 9.59 Å². The monoisotopic (exact) mass is 392 g/mol. The van der Waals surface area contributed by atoms with Gasteiger partial charge in [-0.3, -0.25) is 9.59 Å². The first kappa shape index (κ1) is 21.1. The van der Waals surface area contributed by atoms with Crippen LogP contribution in [0.4, 0.5) is 0 Å². The van der Waals surface area contributed by atoms with Crippen molar-refractivity contribution in [1.29, 1.82) is 0 Å². The first-order valence-corrected chi connectivity index (χ1v) is 10.7. The summed E-state index contributed by atoms with van der Waals surface area (Å²) in [4.78, 5) is 29.1. The van der Waals surface area contributed by atoms with E-state index < -0.39 is 0 Å². The Labute approximate surface area is 174 Å². The van der Waals surface area contributed by atoms with Crippen LogP contribution in [-0.4, -0.2) is 47.8 Å². The van der Waals surface area contributed by atoms with Crippen LogP contribution in [0.25, 0.3) is 0 Å². The molecule has 2 aromatic rings. The van der Waals surface area contributed by atoms with Crippen LogP contribution in [0.2, 0.25) is 0 Å². The fourth-order valence-corrected chi connectivity index (χ4v) is 3.74. The van der Waals surface area contributed by atoms with Crippen molar-refractivity contribution in [2.24, 2.45) is 0 Å². The van der Waals surface area contributed by atoms with E-state index in [1.165, 1.54) is 22.3 Å². The number of hydrogen-bond donors (Lipinski definition) is 0.